The number of hydrogen-bond acceptors (Lipinski definition) is 4. The van der Waals surface area contributed by atoms with Gasteiger partial charge in [0.15, 0.2) is 0 Å². The zero-order chi connectivity index (χ0) is 20.4. The number of hydrogen-bond donors (Lipinski definition) is 2. The predicted molar refractivity (Wildman–Crippen MR) is 118 cm³/mol. The van der Waals surface area contributed by atoms with Crippen LogP contribution in [0.25, 0.3) is 0 Å². The molecule has 0 spiro atoms. The molecule has 0 aliphatic carbocycles. The van der Waals surface area contributed by atoms with Crippen molar-refractivity contribution in [1.82, 2.24) is 4.68 Å². The summed E-state index contributed by atoms with van der Waals surface area (Å²) in [4.78, 5) is 13.4. The third kappa shape index (κ3) is 3.85. The first kappa shape index (κ1) is 19.5. The number of ether oxygens (including phenoxy) is 1. The fourth-order valence-electron chi connectivity index (χ4n) is 3.60. The first-order chi connectivity index (χ1) is 14.1. The van der Waals surface area contributed by atoms with E-state index in [0.717, 1.165) is 39.7 Å². The van der Waals surface area contributed by atoms with Crippen LogP contribution >= 0.6 is 11.8 Å². The van der Waals surface area contributed by atoms with Gasteiger partial charge in [-0.25, -0.2) is 0 Å². The number of aryl methyl sites for hydroxylation is 2. The van der Waals surface area contributed by atoms with Gasteiger partial charge in [0.05, 0.1) is 18.2 Å². The third-order valence-corrected chi connectivity index (χ3v) is 6.55. The number of nitrogens with one attached hydrogen (secondary N) is 2. The van der Waals surface area contributed by atoms with Crippen LogP contribution < -0.4 is 15.5 Å². The molecule has 1 aromatic heterocycles. The summed E-state index contributed by atoms with van der Waals surface area (Å²) in [6, 6.07) is 19.8. The fourth-order valence-corrected chi connectivity index (χ4v) is 4.83. The lowest BCUT2D eigenvalue weighted by atomic mass is 10.0. The average molecular weight is 408 g/mol. The Bertz CT molecular complexity index is 1010. The highest BCUT2D eigenvalue weighted by molar-refractivity contribution is 8.00. The summed E-state index contributed by atoms with van der Waals surface area (Å²) in [5.41, 5.74) is 7.71. The average Bonchev–Trinajstić information content (AvgIpc) is 3.13. The quantitative estimate of drug-likeness (QED) is 0.640. The van der Waals surface area contributed by atoms with Gasteiger partial charge in [-0.2, -0.15) is 0 Å². The highest BCUT2D eigenvalue weighted by atomic mass is 32.2. The monoisotopic (exact) mass is 407 g/mol. The van der Waals surface area contributed by atoms with Crippen LogP contribution in [0.3, 0.4) is 0 Å². The number of carbonyl (C=O) groups excluding carboxylic acids is 1. The summed E-state index contributed by atoms with van der Waals surface area (Å²) in [5, 5.41) is 3.89. The second-order valence-corrected chi connectivity index (χ2v) is 8.23. The van der Waals surface area contributed by atoms with Crippen LogP contribution in [0.15, 0.2) is 65.7 Å². The van der Waals surface area contributed by atoms with Gasteiger partial charge in [0.2, 0.25) is 5.91 Å². The van der Waals surface area contributed by atoms with Crippen LogP contribution in [0.5, 0.6) is 5.75 Å². The van der Waals surface area contributed by atoms with E-state index in [1.165, 1.54) is 0 Å². The van der Waals surface area contributed by atoms with Gasteiger partial charge in [-0.3, -0.25) is 9.47 Å². The maximum absolute atomic E-state index is 13.4. The Kier molecular flexibility index (Phi) is 5.53. The van der Waals surface area contributed by atoms with Crippen molar-refractivity contribution in [2.24, 2.45) is 0 Å². The minimum Gasteiger partial charge on any atom is -0.497 e. The number of thioether (sulfide) groups is 1. The van der Waals surface area contributed by atoms with Crippen LogP contribution in [0, 0.1) is 6.92 Å². The molecule has 3 aromatic rings. The van der Waals surface area contributed by atoms with Crippen molar-refractivity contribution in [3.05, 3.63) is 77.5 Å². The third-order valence-electron chi connectivity index (χ3n) is 5.25. The van der Waals surface area contributed by atoms with Crippen molar-refractivity contribution < 1.29 is 9.53 Å². The maximum Gasteiger partial charge on any atom is 0.240 e. The molecular formula is C23H25N3O2S. The van der Waals surface area contributed by atoms with E-state index in [0.29, 0.717) is 0 Å². The van der Waals surface area contributed by atoms with Gasteiger partial charge in [0, 0.05) is 11.4 Å². The molecule has 6 heteroatoms. The van der Waals surface area contributed by atoms with Crippen molar-refractivity contribution in [3.8, 4) is 5.75 Å². The molecule has 1 aliphatic heterocycles. The standard InChI is InChI=1S/C23H25N3O2S/c1-4-16-7-5-6-8-19(16)24-23(27)22-21(17-10-12-18(28-3)13-11-17)25-26-15(2)9-14-20(26)29-22/h5-14,21-22,25H,4H2,1-3H3,(H,24,27)/t21-,22-/m1/s1. The largest absolute Gasteiger partial charge is 0.497 e. The number of rotatable bonds is 5. The topological polar surface area (TPSA) is 55.3 Å². The first-order valence-electron chi connectivity index (χ1n) is 9.75. The summed E-state index contributed by atoms with van der Waals surface area (Å²) >= 11 is 1.59. The molecule has 0 saturated heterocycles. The van der Waals surface area contributed by atoms with E-state index in [1.54, 1.807) is 18.9 Å². The fraction of sp³-hybridized carbons (Fsp3) is 0.261. The molecule has 5 nitrogen and oxygen atoms in total. The molecule has 1 amide bonds. The molecule has 2 N–H and O–H groups in total. The molecule has 0 fully saturated rings. The molecule has 0 unspecified atom stereocenters. The van der Waals surface area contributed by atoms with Crippen LogP contribution in [0.1, 0.15) is 29.8 Å². The molecule has 2 heterocycles. The van der Waals surface area contributed by atoms with E-state index in [-0.39, 0.29) is 17.2 Å². The lowest BCUT2D eigenvalue weighted by Crippen LogP contribution is -2.41. The maximum atomic E-state index is 13.4. The van der Waals surface area contributed by atoms with Crippen LogP contribution in [0.2, 0.25) is 0 Å². The number of methoxy groups -OCH3 is 1. The molecule has 2 aromatic carbocycles. The summed E-state index contributed by atoms with van der Waals surface area (Å²) in [5.74, 6) is 0.794. The molecule has 0 saturated carbocycles. The first-order valence-corrected chi connectivity index (χ1v) is 10.6. The minimum absolute atomic E-state index is 0.00526. The molecule has 29 heavy (non-hydrogen) atoms. The Balaban J connectivity index is 1.66. The lowest BCUT2D eigenvalue weighted by Gasteiger charge is -2.34. The minimum atomic E-state index is -0.310. The number of carbonyl (C=O) groups is 1. The van der Waals surface area contributed by atoms with Crippen molar-refractivity contribution in [2.75, 3.05) is 17.9 Å². The molecule has 1 aliphatic rings. The van der Waals surface area contributed by atoms with E-state index in [4.69, 9.17) is 4.74 Å². The van der Waals surface area contributed by atoms with Gasteiger partial charge >= 0.3 is 0 Å². The number of nitrogens with zero attached hydrogens (tertiary/aromatic N) is 1. The van der Waals surface area contributed by atoms with Gasteiger partial charge in [-0.05, 0) is 54.8 Å². The normalized spacial score (nSPS) is 17.9. The second kappa shape index (κ2) is 8.25. The Morgan fingerprint density at radius 2 is 1.90 bits per heavy atom. The highest BCUT2D eigenvalue weighted by Crippen LogP contribution is 2.39. The van der Waals surface area contributed by atoms with E-state index < -0.39 is 0 Å². The van der Waals surface area contributed by atoms with Crippen molar-refractivity contribution in [3.63, 3.8) is 0 Å². The predicted octanol–water partition coefficient (Wildman–Crippen LogP) is 4.77. The summed E-state index contributed by atoms with van der Waals surface area (Å²) in [6.07, 6.45) is 0.871. The van der Waals surface area contributed by atoms with E-state index in [2.05, 4.69) is 47.5 Å². The van der Waals surface area contributed by atoms with Crippen molar-refractivity contribution in [1.29, 1.82) is 0 Å². The second-order valence-electron chi connectivity index (χ2n) is 7.07. The molecule has 4 rings (SSSR count). The SMILES string of the molecule is CCc1ccccc1NC(=O)[C@@H]1Sc2ccc(C)n2N[C@@H]1c1ccc(OC)cc1. The Labute approximate surface area is 175 Å². The molecule has 2 atom stereocenters. The summed E-state index contributed by atoms with van der Waals surface area (Å²) < 4.78 is 7.35. The molecular weight excluding hydrogens is 382 g/mol. The number of amides is 1. The van der Waals surface area contributed by atoms with Crippen molar-refractivity contribution >= 4 is 23.4 Å². The van der Waals surface area contributed by atoms with Gasteiger partial charge in [0.1, 0.15) is 11.0 Å². The number of aromatic nitrogens is 1. The Morgan fingerprint density at radius 3 is 2.62 bits per heavy atom. The molecule has 150 valence electrons. The Hall–Kier alpha value is -2.86. The molecule has 0 radical (unpaired) electrons. The summed E-state index contributed by atoms with van der Waals surface area (Å²) in [6.45, 7) is 4.15. The van der Waals surface area contributed by atoms with E-state index >= 15 is 0 Å². The zero-order valence-electron chi connectivity index (χ0n) is 16.8. The van der Waals surface area contributed by atoms with Gasteiger partial charge in [-0.1, -0.05) is 49.0 Å². The van der Waals surface area contributed by atoms with Gasteiger partial charge in [0.25, 0.3) is 0 Å². The van der Waals surface area contributed by atoms with E-state index in [1.807, 2.05) is 42.5 Å². The number of para-hydroxylation sites is 1. The van der Waals surface area contributed by atoms with Crippen LogP contribution in [0.4, 0.5) is 5.69 Å². The Morgan fingerprint density at radius 1 is 1.14 bits per heavy atom. The molecule has 0 bridgehead atoms. The lowest BCUT2D eigenvalue weighted by molar-refractivity contribution is -0.116. The summed E-state index contributed by atoms with van der Waals surface area (Å²) in [7, 11) is 1.65. The smallest absolute Gasteiger partial charge is 0.240 e. The highest BCUT2D eigenvalue weighted by Gasteiger charge is 2.36. The zero-order valence-corrected chi connectivity index (χ0v) is 17.6. The van der Waals surface area contributed by atoms with Crippen molar-refractivity contribution in [2.45, 2.75) is 36.6 Å². The van der Waals surface area contributed by atoms with E-state index in [9.17, 15) is 4.79 Å². The van der Waals surface area contributed by atoms with Crippen LogP contribution in [-0.2, 0) is 11.2 Å². The number of benzene rings is 2. The van der Waals surface area contributed by atoms with Gasteiger partial charge < -0.3 is 15.5 Å². The number of fused-ring (bicyclic) bond motifs is 1. The number of anilines is 1. The van der Waals surface area contributed by atoms with Crippen LogP contribution in [-0.4, -0.2) is 22.9 Å². The van der Waals surface area contributed by atoms with Gasteiger partial charge in [-0.15, -0.1) is 0 Å².